The first-order chi connectivity index (χ1) is 36.8. The van der Waals surface area contributed by atoms with Gasteiger partial charge in [0.15, 0.2) is 5.82 Å². The molecule has 3 saturated heterocycles. The number of carbonyl (C=O) groups is 6. The summed E-state index contributed by atoms with van der Waals surface area (Å²) in [6.07, 6.45) is 8.13. The van der Waals surface area contributed by atoms with Gasteiger partial charge in [0.1, 0.15) is 17.6 Å². The van der Waals surface area contributed by atoms with Crippen molar-refractivity contribution in [2.45, 2.75) is 104 Å². The summed E-state index contributed by atoms with van der Waals surface area (Å²) in [4.78, 5) is 113. The number of carbonyl (C=O) groups excluding carboxylic acids is 6. The fourth-order valence-electron chi connectivity index (χ4n) is 12.7. The lowest BCUT2D eigenvalue weighted by molar-refractivity contribution is -0.149. The van der Waals surface area contributed by atoms with Crippen LogP contribution >= 0.6 is 0 Å². The van der Waals surface area contributed by atoms with Gasteiger partial charge < -0.3 is 34.7 Å². The van der Waals surface area contributed by atoms with Gasteiger partial charge >= 0.3 is 0 Å². The van der Waals surface area contributed by atoms with E-state index in [1.165, 1.54) is 28.9 Å². The van der Waals surface area contributed by atoms with Crippen LogP contribution in [0.4, 0.5) is 34.4 Å². The zero-order chi connectivity index (χ0) is 54.4. The minimum atomic E-state index is -1.01. The Kier molecular flexibility index (Phi) is 13.0. The summed E-state index contributed by atoms with van der Waals surface area (Å²) < 4.78 is 3.54. The van der Waals surface area contributed by atoms with Crippen molar-refractivity contribution in [1.29, 1.82) is 0 Å². The number of imide groups is 2. The lowest BCUT2D eigenvalue weighted by atomic mass is 9.90. The van der Waals surface area contributed by atoms with E-state index in [1.54, 1.807) is 48.6 Å². The number of piperazine rings is 1. The molecule has 77 heavy (non-hydrogen) atoms. The van der Waals surface area contributed by atoms with E-state index in [1.807, 2.05) is 24.3 Å². The molecule has 6 aliphatic rings. The van der Waals surface area contributed by atoms with E-state index in [0.717, 1.165) is 66.5 Å². The van der Waals surface area contributed by atoms with E-state index >= 15 is 0 Å². The number of pyridine rings is 1. The predicted octanol–water partition coefficient (Wildman–Crippen LogP) is 5.10. The third-order valence-corrected chi connectivity index (χ3v) is 16.6. The smallest absolute Gasteiger partial charge is 0.293 e. The number of benzene rings is 2. The Balaban J connectivity index is 0.772. The number of hydrogen-bond acceptors (Lipinski definition) is 14. The van der Waals surface area contributed by atoms with Gasteiger partial charge in [-0.2, -0.15) is 0 Å². The van der Waals surface area contributed by atoms with Gasteiger partial charge in [0.2, 0.25) is 11.8 Å². The molecule has 3 aromatic heterocycles. The number of aliphatic hydroxyl groups is 1. The molecule has 11 rings (SSSR count). The number of aliphatic hydroxyl groups excluding tert-OH is 1. The zero-order valence-corrected chi connectivity index (χ0v) is 44.3. The molecular formula is C57H64N12O8. The van der Waals surface area contributed by atoms with Crippen LogP contribution in [0.25, 0.3) is 11.3 Å². The van der Waals surface area contributed by atoms with Crippen molar-refractivity contribution in [3.63, 3.8) is 0 Å². The number of likely N-dealkylation sites (tertiary alicyclic amines) is 1. The van der Waals surface area contributed by atoms with Crippen molar-refractivity contribution in [2.75, 3.05) is 65.1 Å². The van der Waals surface area contributed by atoms with Gasteiger partial charge in [-0.05, 0) is 112 Å². The molecule has 2 aromatic carbocycles. The van der Waals surface area contributed by atoms with Crippen LogP contribution in [0, 0.1) is 5.41 Å². The molecule has 5 aliphatic heterocycles. The van der Waals surface area contributed by atoms with E-state index in [4.69, 9.17) is 4.98 Å². The van der Waals surface area contributed by atoms with Crippen LogP contribution in [-0.2, 0) is 47.4 Å². The molecule has 6 amide bonds. The first kappa shape index (κ1) is 51.2. The van der Waals surface area contributed by atoms with Crippen LogP contribution in [0.15, 0.2) is 78.4 Å². The Bertz CT molecular complexity index is 3400. The molecule has 20 heteroatoms. The summed E-state index contributed by atoms with van der Waals surface area (Å²) >= 11 is 0. The lowest BCUT2D eigenvalue weighted by Crippen LogP contribution is -2.58. The predicted molar refractivity (Wildman–Crippen MR) is 290 cm³/mol. The Morgan fingerprint density at radius 2 is 1.65 bits per heavy atom. The maximum Gasteiger partial charge on any atom is 0.293 e. The van der Waals surface area contributed by atoms with Crippen molar-refractivity contribution in [2.24, 2.45) is 12.5 Å². The van der Waals surface area contributed by atoms with Crippen molar-refractivity contribution < 1.29 is 33.9 Å². The minimum Gasteiger partial charge on any atom is -0.392 e. The van der Waals surface area contributed by atoms with Crippen LogP contribution in [0.5, 0.6) is 0 Å². The van der Waals surface area contributed by atoms with Gasteiger partial charge in [-0.15, -0.1) is 0 Å². The summed E-state index contributed by atoms with van der Waals surface area (Å²) in [6.45, 7) is 16.0. The lowest BCUT2D eigenvalue weighted by Gasteiger charge is -2.48. The van der Waals surface area contributed by atoms with Gasteiger partial charge in [-0.25, -0.2) is 9.97 Å². The maximum atomic E-state index is 14.1. The quantitative estimate of drug-likeness (QED) is 0.116. The standard InChI is InChI=1S/C57H64N12O8/c1-8-48(71)60-42-25-35(59-50-56(77)62(6)30-43(61-50)38-15-17-58-51(41(38)31-70)68-22-21-67-46(55(68)76)24-34-27-57(4,5)28-47(34)67)9-12-44(42)66-20-19-64(29-33(66)3)36-16-18-65(32(2)23-36)37-10-11-39-40(26-37)53(74)69(52(39)73)45-13-14-49(72)63(7)54(45)75/h8-12,15,17,24-26,30,32-33,36,45,70H,1,13-14,16,18-23,27-29,31H2,2-7H3,(H,59,61)(H,60,71)/t32-,33-,36?,45?/m0/s1. The summed E-state index contributed by atoms with van der Waals surface area (Å²) in [5.74, 6) is -2.13. The monoisotopic (exact) mass is 1040 g/mol. The average Bonchev–Trinajstić information content (AvgIpc) is 4.09. The van der Waals surface area contributed by atoms with E-state index in [0.29, 0.717) is 59.3 Å². The number of piperidine rings is 2. The summed E-state index contributed by atoms with van der Waals surface area (Å²) in [5, 5.41) is 17.1. The number of anilines is 6. The first-order valence-electron chi connectivity index (χ1n) is 26.5. The van der Waals surface area contributed by atoms with Crippen LogP contribution in [0.1, 0.15) is 101 Å². The second-order valence-corrected chi connectivity index (χ2v) is 22.2. The van der Waals surface area contributed by atoms with Crippen molar-refractivity contribution in [3.8, 4) is 11.3 Å². The highest BCUT2D eigenvalue weighted by Crippen LogP contribution is 2.41. The number of nitrogens with one attached hydrogen (secondary N) is 2. The van der Waals surface area contributed by atoms with E-state index in [9.17, 15) is 38.7 Å². The molecule has 0 bridgehead atoms. The number of rotatable bonds is 11. The third kappa shape index (κ3) is 8.95. The molecule has 0 spiro atoms. The Morgan fingerprint density at radius 3 is 2.40 bits per heavy atom. The largest absolute Gasteiger partial charge is 0.392 e. The number of hydrogen-bond donors (Lipinski definition) is 3. The molecule has 400 valence electrons. The molecule has 5 aromatic rings. The minimum absolute atomic E-state index is 0.0131. The summed E-state index contributed by atoms with van der Waals surface area (Å²) in [5.41, 5.74) is 7.27. The highest BCUT2D eigenvalue weighted by molar-refractivity contribution is 6.23. The SMILES string of the molecule is C=CC(=O)Nc1cc(Nc2nc(-c3ccnc(N4CCn5c(cc6c5CC(C)(C)C6)C4=O)c3CO)cn(C)c2=O)ccc1N1CCN(C2CCN(c3ccc4c(c3)C(=O)N(C3CCC(=O)N(C)C3=O)C4=O)[C@@H](C)C2)C[C@@H]1C. The number of fused-ring (bicyclic) bond motifs is 4. The molecule has 2 unspecified atom stereocenters. The normalized spacial score (nSPS) is 22.4. The van der Waals surface area contributed by atoms with Crippen LogP contribution < -0.4 is 30.9 Å². The van der Waals surface area contributed by atoms with Gasteiger partial charge in [-0.1, -0.05) is 20.4 Å². The average molecular weight is 1050 g/mol. The Morgan fingerprint density at radius 1 is 0.857 bits per heavy atom. The van der Waals surface area contributed by atoms with Crippen LogP contribution in [-0.4, -0.2) is 138 Å². The number of aryl methyl sites for hydroxylation is 1. The highest BCUT2D eigenvalue weighted by Gasteiger charge is 2.47. The molecule has 3 fully saturated rings. The van der Waals surface area contributed by atoms with Gasteiger partial charge in [0, 0.05) is 118 Å². The van der Waals surface area contributed by atoms with E-state index in [-0.39, 0.29) is 65.1 Å². The molecule has 20 nitrogen and oxygen atoms in total. The van der Waals surface area contributed by atoms with Gasteiger partial charge in [-0.3, -0.25) is 53.2 Å². The second-order valence-electron chi connectivity index (χ2n) is 22.2. The Labute approximate surface area is 445 Å². The molecular weight excluding hydrogens is 981 g/mol. The second kappa shape index (κ2) is 19.6. The van der Waals surface area contributed by atoms with Gasteiger partial charge in [0.25, 0.3) is 29.2 Å². The topological polar surface area (TPSA) is 219 Å². The summed E-state index contributed by atoms with van der Waals surface area (Å²) in [7, 11) is 3.00. The molecule has 0 saturated carbocycles. The van der Waals surface area contributed by atoms with Crippen LogP contribution in [0.2, 0.25) is 0 Å². The fourth-order valence-corrected chi connectivity index (χ4v) is 12.7. The molecule has 3 N–H and O–H groups in total. The number of amides is 6. The third-order valence-electron chi connectivity index (χ3n) is 16.6. The molecule has 4 atom stereocenters. The van der Waals surface area contributed by atoms with E-state index in [2.05, 4.69) is 69.2 Å². The zero-order valence-electron chi connectivity index (χ0n) is 44.3. The number of nitrogens with zero attached hydrogens (tertiary/aromatic N) is 10. The number of aromatic nitrogens is 4. The van der Waals surface area contributed by atoms with Crippen molar-refractivity contribution >= 4 is 69.8 Å². The Hall–Kier alpha value is -7.97. The number of likely N-dealkylation sites (N-methyl/N-ethyl adjacent to an activating group) is 1. The van der Waals surface area contributed by atoms with Crippen LogP contribution in [0.3, 0.4) is 0 Å². The fraction of sp³-hybridized carbons (Fsp3) is 0.421. The summed E-state index contributed by atoms with van der Waals surface area (Å²) in [6, 6.07) is 14.0. The van der Waals surface area contributed by atoms with E-state index < -0.39 is 41.8 Å². The van der Waals surface area contributed by atoms with Gasteiger partial charge in [0.05, 0.1) is 34.8 Å². The van der Waals surface area contributed by atoms with Crippen molar-refractivity contribution in [1.82, 2.24) is 33.8 Å². The molecule has 0 radical (unpaired) electrons. The first-order valence-corrected chi connectivity index (χ1v) is 26.5. The molecule has 8 heterocycles. The maximum absolute atomic E-state index is 14.1. The van der Waals surface area contributed by atoms with Crippen molar-refractivity contribution in [3.05, 3.63) is 118 Å². The molecule has 1 aliphatic carbocycles. The highest BCUT2D eigenvalue weighted by atomic mass is 16.3.